The number of nitrogens with zero attached hydrogens (tertiary/aromatic N) is 5. The number of nitrogens with one attached hydrogen (secondary N) is 1. The predicted molar refractivity (Wildman–Crippen MR) is 61.1 cm³/mol. The molecule has 0 saturated heterocycles. The number of fused-ring (bicyclic) bond motifs is 1. The van der Waals surface area contributed by atoms with Gasteiger partial charge in [0.05, 0.1) is 4.47 Å². The molecule has 0 aliphatic rings. The average molecular weight is 333 g/mol. The Morgan fingerprint density at radius 1 is 1.21 bits per heavy atom. The van der Waals surface area contributed by atoms with E-state index in [4.69, 9.17) is 0 Å². The molecule has 0 unspecified atom stereocenters. The highest BCUT2D eigenvalue weighted by molar-refractivity contribution is 9.10. The summed E-state index contributed by atoms with van der Waals surface area (Å²) in [6.07, 6.45) is 0.142. The summed E-state index contributed by atoms with van der Waals surface area (Å²) in [5, 5.41) is 5.33. The first-order chi connectivity index (χ1) is 8.93. The molecule has 0 radical (unpaired) electrons. The van der Waals surface area contributed by atoms with Crippen LogP contribution in [-0.4, -0.2) is 29.5 Å². The minimum absolute atomic E-state index is 0.131. The second kappa shape index (κ2) is 4.02. The Hall–Kier alpha value is -1.97. The monoisotopic (exact) mass is 332 g/mol. The molecule has 0 amide bonds. The van der Waals surface area contributed by atoms with Crippen molar-refractivity contribution in [3.63, 3.8) is 0 Å². The maximum Gasteiger partial charge on any atom is 0.451 e. The lowest BCUT2D eigenvalue weighted by Gasteiger charge is -1.97. The van der Waals surface area contributed by atoms with Gasteiger partial charge in [0, 0.05) is 18.6 Å². The Balaban J connectivity index is 2.07. The number of aromatic amines is 1. The van der Waals surface area contributed by atoms with Crippen LogP contribution in [0.4, 0.5) is 13.2 Å². The number of hydrogen-bond acceptors (Lipinski definition) is 4. The van der Waals surface area contributed by atoms with Gasteiger partial charge in [-0.1, -0.05) is 0 Å². The molecule has 0 fully saturated rings. The highest BCUT2D eigenvalue weighted by atomic mass is 79.9. The highest BCUT2D eigenvalue weighted by Gasteiger charge is 2.35. The summed E-state index contributed by atoms with van der Waals surface area (Å²) in [6, 6.07) is 0. The molecule has 0 atom stereocenters. The molecule has 1 N–H and O–H groups in total. The third-order valence-corrected chi connectivity index (χ3v) is 2.67. The number of H-pyrrole nitrogens is 1. The van der Waals surface area contributed by atoms with Gasteiger partial charge in [0.1, 0.15) is 5.69 Å². The van der Waals surface area contributed by atoms with Gasteiger partial charge in [-0.25, -0.2) is 15.0 Å². The lowest BCUT2D eigenvalue weighted by molar-refractivity contribution is -0.144. The number of rotatable bonds is 1. The van der Waals surface area contributed by atoms with Gasteiger partial charge in [-0.2, -0.15) is 18.3 Å². The van der Waals surface area contributed by atoms with Gasteiger partial charge in [-0.05, 0) is 15.9 Å². The highest BCUT2D eigenvalue weighted by Crippen LogP contribution is 2.27. The van der Waals surface area contributed by atoms with E-state index in [9.17, 15) is 13.2 Å². The largest absolute Gasteiger partial charge is 0.451 e. The first-order valence-corrected chi connectivity index (χ1v) is 5.73. The third kappa shape index (κ3) is 2.18. The topological polar surface area (TPSA) is 71.8 Å². The molecule has 0 aliphatic heterocycles. The smallest absolute Gasteiger partial charge is 0.289 e. The van der Waals surface area contributed by atoms with Gasteiger partial charge in [-0.15, -0.1) is 0 Å². The second-order valence-electron chi connectivity index (χ2n) is 3.61. The Labute approximate surface area is 111 Å². The van der Waals surface area contributed by atoms with Gasteiger partial charge in [0.2, 0.25) is 17.4 Å². The van der Waals surface area contributed by atoms with Gasteiger partial charge in [-0.3, -0.25) is 9.50 Å². The molecule has 0 aromatic carbocycles. The minimum atomic E-state index is -4.56. The molecule has 3 aromatic rings. The fourth-order valence-electron chi connectivity index (χ4n) is 1.47. The van der Waals surface area contributed by atoms with Gasteiger partial charge < -0.3 is 0 Å². The van der Waals surface area contributed by atoms with E-state index < -0.39 is 12.0 Å². The van der Waals surface area contributed by atoms with E-state index in [1.165, 1.54) is 12.4 Å². The zero-order valence-corrected chi connectivity index (χ0v) is 10.6. The number of aromatic nitrogens is 6. The predicted octanol–water partition coefficient (Wildman–Crippen LogP) is 2.30. The summed E-state index contributed by atoms with van der Waals surface area (Å²) >= 11 is 3.23. The summed E-state index contributed by atoms with van der Waals surface area (Å²) in [6.45, 7) is 0. The second-order valence-corrected chi connectivity index (χ2v) is 4.53. The molecule has 10 heteroatoms. The lowest BCUT2D eigenvalue weighted by atomic mass is 10.4. The van der Waals surface area contributed by atoms with Crippen LogP contribution in [0.25, 0.3) is 17.3 Å². The van der Waals surface area contributed by atoms with Crippen LogP contribution in [0.3, 0.4) is 0 Å². The van der Waals surface area contributed by atoms with Gasteiger partial charge in [0.15, 0.2) is 0 Å². The molecular formula is C9H4BrF3N6. The molecule has 98 valence electrons. The molecule has 0 saturated carbocycles. The summed E-state index contributed by atoms with van der Waals surface area (Å²) in [7, 11) is 0. The molecule has 3 rings (SSSR count). The first-order valence-electron chi connectivity index (χ1n) is 4.94. The number of halogens is 4. The van der Waals surface area contributed by atoms with Crippen LogP contribution in [-0.2, 0) is 6.18 Å². The van der Waals surface area contributed by atoms with Crippen LogP contribution < -0.4 is 0 Å². The molecule has 0 bridgehead atoms. The van der Waals surface area contributed by atoms with Crippen molar-refractivity contribution in [2.75, 3.05) is 0 Å². The molecular weight excluding hydrogens is 329 g/mol. The van der Waals surface area contributed by atoms with Crippen LogP contribution in [0.1, 0.15) is 5.82 Å². The van der Waals surface area contributed by atoms with Crippen molar-refractivity contribution in [2.45, 2.75) is 6.18 Å². The van der Waals surface area contributed by atoms with E-state index in [2.05, 4.69) is 36.0 Å². The van der Waals surface area contributed by atoms with Crippen LogP contribution in [0.2, 0.25) is 0 Å². The Bertz CT molecular complexity index is 746. The lowest BCUT2D eigenvalue weighted by Crippen LogP contribution is -2.07. The van der Waals surface area contributed by atoms with Crippen molar-refractivity contribution >= 4 is 21.7 Å². The number of alkyl halides is 3. The third-order valence-electron chi connectivity index (χ3n) is 2.26. The van der Waals surface area contributed by atoms with E-state index in [1.807, 2.05) is 5.10 Å². The zero-order chi connectivity index (χ0) is 13.6. The van der Waals surface area contributed by atoms with Gasteiger partial charge in [0.25, 0.3) is 0 Å². The fraction of sp³-hybridized carbons (Fsp3) is 0.111. The van der Waals surface area contributed by atoms with Crippen molar-refractivity contribution in [3.8, 4) is 11.5 Å². The molecule has 6 nitrogen and oxygen atoms in total. The van der Waals surface area contributed by atoms with E-state index in [1.54, 1.807) is 10.6 Å². The molecule has 0 spiro atoms. The van der Waals surface area contributed by atoms with Crippen molar-refractivity contribution < 1.29 is 13.2 Å². The molecule has 19 heavy (non-hydrogen) atoms. The van der Waals surface area contributed by atoms with Crippen LogP contribution in [0.15, 0.2) is 23.1 Å². The standard InChI is InChI=1S/C9H4BrF3N6/c10-4-1-14-8-15-5(3-19(8)2-4)6-16-7(18-17-6)9(11,12)13/h1-3H,(H,16,17,18). The van der Waals surface area contributed by atoms with Crippen molar-refractivity contribution in [3.05, 3.63) is 28.9 Å². The minimum Gasteiger partial charge on any atom is -0.289 e. The summed E-state index contributed by atoms with van der Waals surface area (Å²) < 4.78 is 39.5. The maximum absolute atomic E-state index is 12.4. The SMILES string of the molecule is FC(F)(F)c1nc(-c2cn3cc(Br)cnc3n2)n[nH]1. The normalized spacial score (nSPS) is 12.2. The van der Waals surface area contributed by atoms with E-state index in [-0.39, 0.29) is 11.5 Å². The van der Waals surface area contributed by atoms with Gasteiger partial charge >= 0.3 is 6.18 Å². The summed E-state index contributed by atoms with van der Waals surface area (Å²) in [5.41, 5.74) is 0.206. The zero-order valence-electron chi connectivity index (χ0n) is 8.98. The van der Waals surface area contributed by atoms with Crippen LogP contribution >= 0.6 is 15.9 Å². The number of hydrogen-bond donors (Lipinski definition) is 1. The molecule has 0 aliphatic carbocycles. The Kier molecular flexibility index (Phi) is 2.55. The average Bonchev–Trinajstić information content (AvgIpc) is 2.92. The first kappa shape index (κ1) is 12.1. The molecule has 3 aromatic heterocycles. The van der Waals surface area contributed by atoms with Crippen molar-refractivity contribution in [1.29, 1.82) is 0 Å². The Morgan fingerprint density at radius 2 is 2.00 bits per heavy atom. The number of imidazole rings is 1. The summed E-state index contributed by atoms with van der Waals surface area (Å²) in [4.78, 5) is 11.4. The fourth-order valence-corrected chi connectivity index (χ4v) is 1.79. The quantitative estimate of drug-likeness (QED) is 0.742. The molecule has 3 heterocycles. The maximum atomic E-state index is 12.4. The van der Waals surface area contributed by atoms with E-state index in [0.29, 0.717) is 5.78 Å². The van der Waals surface area contributed by atoms with E-state index in [0.717, 1.165) is 4.47 Å². The Morgan fingerprint density at radius 3 is 2.68 bits per heavy atom. The summed E-state index contributed by atoms with van der Waals surface area (Å²) in [5.74, 6) is -0.945. The van der Waals surface area contributed by atoms with Crippen LogP contribution in [0, 0.1) is 0 Å². The van der Waals surface area contributed by atoms with E-state index >= 15 is 0 Å². The van der Waals surface area contributed by atoms with Crippen molar-refractivity contribution in [1.82, 2.24) is 29.5 Å². The van der Waals surface area contributed by atoms with Crippen LogP contribution in [0.5, 0.6) is 0 Å². The van der Waals surface area contributed by atoms with Crippen molar-refractivity contribution in [2.24, 2.45) is 0 Å².